The average Bonchev–Trinajstić information content (AvgIpc) is 3.39. The summed E-state index contributed by atoms with van der Waals surface area (Å²) >= 11 is 2.12. The molecule has 1 saturated heterocycles. The van der Waals surface area contributed by atoms with Crippen LogP contribution >= 0.6 is 23.1 Å². The molecule has 0 radical (unpaired) electrons. The van der Waals surface area contributed by atoms with Gasteiger partial charge in [0.25, 0.3) is 0 Å². The van der Waals surface area contributed by atoms with Gasteiger partial charge in [-0.2, -0.15) is 0 Å². The molecule has 0 aliphatic carbocycles. The molecular weight excluding hydrogens is 566 g/mol. The molecule has 2 aliphatic rings. The van der Waals surface area contributed by atoms with E-state index in [1.54, 1.807) is 26.0 Å². The molecule has 0 spiro atoms. The Labute approximate surface area is 244 Å². The van der Waals surface area contributed by atoms with Crippen LogP contribution < -0.4 is 14.7 Å². The number of ether oxygens (including phenoxy) is 2. The predicted molar refractivity (Wildman–Crippen MR) is 156 cm³/mol. The van der Waals surface area contributed by atoms with Crippen LogP contribution in [0.1, 0.15) is 40.6 Å². The zero-order valence-electron chi connectivity index (χ0n) is 23.0. The van der Waals surface area contributed by atoms with Crippen LogP contribution in [0.3, 0.4) is 0 Å². The molecule has 3 unspecified atom stereocenters. The van der Waals surface area contributed by atoms with Gasteiger partial charge >= 0.3 is 16.8 Å². The van der Waals surface area contributed by atoms with Gasteiger partial charge in [0, 0.05) is 30.6 Å². The fourth-order valence-corrected chi connectivity index (χ4v) is 7.92. The number of anilines is 2. The van der Waals surface area contributed by atoms with Crippen molar-refractivity contribution in [1.82, 2.24) is 4.57 Å². The van der Waals surface area contributed by atoms with Crippen molar-refractivity contribution in [2.75, 3.05) is 37.1 Å². The smallest absolute Gasteiger partial charge is 0.338 e. The number of carbonyl (C=O) groups is 4. The molecular formula is C29H29N3O7S2. The monoisotopic (exact) mass is 595 g/mol. The molecule has 0 N–H and O–H groups in total. The number of thioether (sulfide) groups is 1. The van der Waals surface area contributed by atoms with Crippen LogP contribution in [0.5, 0.6) is 0 Å². The van der Waals surface area contributed by atoms with Crippen molar-refractivity contribution in [3.05, 3.63) is 74.2 Å². The van der Waals surface area contributed by atoms with Crippen LogP contribution in [-0.2, 0) is 30.4 Å². The minimum atomic E-state index is -0.819. The van der Waals surface area contributed by atoms with E-state index in [0.717, 1.165) is 39.2 Å². The zero-order chi connectivity index (χ0) is 29.4. The zero-order valence-corrected chi connectivity index (χ0v) is 24.6. The van der Waals surface area contributed by atoms with Crippen molar-refractivity contribution in [1.29, 1.82) is 0 Å². The molecule has 214 valence electrons. The summed E-state index contributed by atoms with van der Waals surface area (Å²) in [6, 6.07) is 13.8. The Morgan fingerprint density at radius 3 is 2.17 bits per heavy atom. The first-order chi connectivity index (χ1) is 19.7. The van der Waals surface area contributed by atoms with E-state index >= 15 is 0 Å². The van der Waals surface area contributed by atoms with Crippen LogP contribution in [0.25, 0.3) is 0 Å². The summed E-state index contributed by atoms with van der Waals surface area (Å²) in [4.78, 5) is 68.9. The van der Waals surface area contributed by atoms with E-state index in [4.69, 9.17) is 9.47 Å². The summed E-state index contributed by atoms with van der Waals surface area (Å²) < 4.78 is 11.5. The van der Waals surface area contributed by atoms with Crippen LogP contribution in [-0.4, -0.2) is 60.9 Å². The van der Waals surface area contributed by atoms with Crippen molar-refractivity contribution in [3.8, 4) is 0 Å². The number of hydrogen-bond donors (Lipinski definition) is 0. The number of amides is 2. The molecule has 3 aromatic rings. The lowest BCUT2D eigenvalue weighted by Gasteiger charge is -2.31. The number of thiazole rings is 1. The summed E-state index contributed by atoms with van der Waals surface area (Å²) in [6.45, 7) is 3.52. The maximum atomic E-state index is 14.0. The summed E-state index contributed by atoms with van der Waals surface area (Å²) in [7, 11) is 3.85. The Balaban J connectivity index is 1.58. The number of esters is 2. The average molecular weight is 596 g/mol. The first-order valence-corrected chi connectivity index (χ1v) is 14.8. The Bertz CT molecular complexity index is 1560. The third-order valence-corrected chi connectivity index (χ3v) is 9.65. The molecule has 2 aromatic carbocycles. The number of rotatable bonds is 8. The number of aromatic nitrogens is 1. The normalized spacial score (nSPS) is 19.5. The molecule has 5 rings (SSSR count). The molecule has 41 heavy (non-hydrogen) atoms. The topological polar surface area (TPSA) is 115 Å². The van der Waals surface area contributed by atoms with Crippen molar-refractivity contribution in [2.45, 2.75) is 36.6 Å². The van der Waals surface area contributed by atoms with Gasteiger partial charge in [0.1, 0.15) is 11.8 Å². The van der Waals surface area contributed by atoms with Gasteiger partial charge in [0.2, 0.25) is 11.8 Å². The number of imide groups is 1. The van der Waals surface area contributed by atoms with Crippen LogP contribution in [0, 0.1) is 5.92 Å². The van der Waals surface area contributed by atoms with E-state index in [1.807, 2.05) is 43.3 Å². The highest BCUT2D eigenvalue weighted by Gasteiger charge is 2.56. The van der Waals surface area contributed by atoms with E-state index in [1.165, 1.54) is 16.7 Å². The second kappa shape index (κ2) is 11.5. The number of nitrogens with zero attached hydrogens (tertiary/aromatic N) is 3. The van der Waals surface area contributed by atoms with Gasteiger partial charge in [-0.1, -0.05) is 35.2 Å². The Morgan fingerprint density at radius 2 is 1.56 bits per heavy atom. The van der Waals surface area contributed by atoms with Gasteiger partial charge < -0.3 is 14.4 Å². The van der Waals surface area contributed by atoms with Gasteiger partial charge in [0.15, 0.2) is 0 Å². The third kappa shape index (κ3) is 5.17. The first-order valence-electron chi connectivity index (χ1n) is 13.1. The highest BCUT2D eigenvalue weighted by molar-refractivity contribution is 8.00. The molecule has 0 saturated carbocycles. The number of hydrogen-bond acceptors (Lipinski definition) is 10. The molecule has 12 heteroatoms. The Morgan fingerprint density at radius 1 is 0.902 bits per heavy atom. The summed E-state index contributed by atoms with van der Waals surface area (Å²) in [6.07, 6.45) is 0. The van der Waals surface area contributed by atoms with E-state index in [-0.39, 0.29) is 30.5 Å². The van der Waals surface area contributed by atoms with Gasteiger partial charge in [-0.05, 0) is 55.8 Å². The molecule has 1 fully saturated rings. The lowest BCUT2D eigenvalue weighted by Crippen LogP contribution is -2.32. The number of fused-ring (bicyclic) bond motifs is 2. The third-order valence-electron chi connectivity index (χ3n) is 7.05. The molecule has 1 aromatic heterocycles. The molecule has 2 amide bonds. The van der Waals surface area contributed by atoms with Gasteiger partial charge in [-0.3, -0.25) is 23.7 Å². The molecule has 10 nitrogen and oxygen atoms in total. The first kappa shape index (κ1) is 28.6. The van der Waals surface area contributed by atoms with Crippen LogP contribution in [0.4, 0.5) is 11.4 Å². The van der Waals surface area contributed by atoms with E-state index < -0.39 is 34.9 Å². The fourth-order valence-electron chi connectivity index (χ4n) is 5.15. The quantitative estimate of drug-likeness (QED) is 0.285. The van der Waals surface area contributed by atoms with Crippen molar-refractivity contribution < 1.29 is 28.7 Å². The summed E-state index contributed by atoms with van der Waals surface area (Å²) in [5.41, 5.74) is 2.40. The van der Waals surface area contributed by atoms with E-state index in [9.17, 15) is 24.0 Å². The van der Waals surface area contributed by atoms with Crippen molar-refractivity contribution >= 4 is 58.2 Å². The maximum absolute atomic E-state index is 14.0. The van der Waals surface area contributed by atoms with Crippen LogP contribution in [0.2, 0.25) is 0 Å². The highest BCUT2D eigenvalue weighted by atomic mass is 32.2. The minimum Gasteiger partial charge on any atom is -0.465 e. The van der Waals surface area contributed by atoms with Crippen molar-refractivity contribution in [2.24, 2.45) is 5.92 Å². The summed E-state index contributed by atoms with van der Waals surface area (Å²) in [5, 5.41) is -0.322. The predicted octanol–water partition coefficient (Wildman–Crippen LogP) is 3.51. The highest BCUT2D eigenvalue weighted by Crippen LogP contribution is 2.54. The van der Waals surface area contributed by atoms with Gasteiger partial charge in [-0.25, -0.2) is 9.69 Å². The molecule has 2 aliphatic heterocycles. The fraction of sp³-hybridized carbons (Fsp3) is 0.345. The molecule has 0 bridgehead atoms. The second-order valence-corrected chi connectivity index (χ2v) is 11.9. The van der Waals surface area contributed by atoms with Crippen LogP contribution in [0.15, 0.2) is 58.4 Å². The minimum absolute atomic E-state index is 0.176. The number of benzene rings is 2. The Kier molecular flexibility index (Phi) is 8.05. The summed E-state index contributed by atoms with van der Waals surface area (Å²) in [5.74, 6) is -3.20. The number of carbonyl (C=O) groups excluding carboxylic acids is 4. The standard InChI is InChI=1S/C29H29N3O7S2/c1-5-38-20(33)15-31-27-24(41-29(31)37)21(16-7-11-18(12-8-16)30(3)4)22-23(40-27)26(35)32(25(22)34)19-13-9-17(10-14-19)28(36)39-6-2/h7-14,21-23H,5-6,15H2,1-4H3. The largest absolute Gasteiger partial charge is 0.465 e. The van der Waals surface area contributed by atoms with Gasteiger partial charge in [-0.15, -0.1) is 0 Å². The molecule has 3 atom stereocenters. The van der Waals surface area contributed by atoms with E-state index in [2.05, 4.69) is 0 Å². The Hall–Kier alpha value is -3.90. The SMILES string of the molecule is CCOC(=O)Cn1c2c(sc1=O)C(c1ccc(N(C)C)cc1)C1C(=O)N(c3ccc(C(=O)OCC)cc3)C(=O)C1S2. The second-order valence-electron chi connectivity index (χ2n) is 9.74. The maximum Gasteiger partial charge on any atom is 0.338 e. The van der Waals surface area contributed by atoms with Crippen molar-refractivity contribution in [3.63, 3.8) is 0 Å². The lowest BCUT2D eigenvalue weighted by molar-refractivity contribution is -0.144. The lowest BCUT2D eigenvalue weighted by atomic mass is 9.83. The van der Waals surface area contributed by atoms with Gasteiger partial charge in [0.05, 0.1) is 35.4 Å². The molecule has 3 heterocycles. The van der Waals surface area contributed by atoms with E-state index in [0.29, 0.717) is 21.2 Å².